The number of para-hydroxylation sites is 1. The van der Waals surface area contributed by atoms with Crippen LogP contribution in [0.2, 0.25) is 0 Å². The summed E-state index contributed by atoms with van der Waals surface area (Å²) in [4.78, 5) is 31.9. The summed E-state index contributed by atoms with van der Waals surface area (Å²) < 4.78 is 11.6. The molecule has 4 aromatic rings. The number of carbonyl (C=O) groups excluding carboxylic acids is 2. The van der Waals surface area contributed by atoms with Crippen molar-refractivity contribution in [3.05, 3.63) is 126 Å². The highest BCUT2D eigenvalue weighted by Crippen LogP contribution is 2.31. The second kappa shape index (κ2) is 16.9. The van der Waals surface area contributed by atoms with Crippen LogP contribution in [-0.4, -0.2) is 68.9 Å². The van der Waals surface area contributed by atoms with Crippen LogP contribution in [-0.2, 0) is 9.53 Å². The van der Waals surface area contributed by atoms with Crippen molar-refractivity contribution >= 4 is 23.3 Å². The van der Waals surface area contributed by atoms with E-state index >= 15 is 0 Å². The van der Waals surface area contributed by atoms with Crippen molar-refractivity contribution in [2.45, 2.75) is 37.6 Å². The van der Waals surface area contributed by atoms with Crippen LogP contribution in [0.3, 0.4) is 0 Å². The van der Waals surface area contributed by atoms with Crippen molar-refractivity contribution in [2.24, 2.45) is 5.92 Å². The fourth-order valence-electron chi connectivity index (χ4n) is 6.79. The largest absolute Gasteiger partial charge is 0.492 e. The molecule has 2 atom stereocenters. The minimum Gasteiger partial charge on any atom is -0.492 e. The van der Waals surface area contributed by atoms with Gasteiger partial charge in [-0.05, 0) is 60.6 Å². The van der Waals surface area contributed by atoms with Crippen molar-refractivity contribution in [1.82, 2.24) is 10.2 Å². The number of amides is 3. The molecule has 0 radical (unpaired) electrons. The van der Waals surface area contributed by atoms with E-state index in [-0.39, 0.29) is 29.8 Å². The number of rotatable bonds is 12. The van der Waals surface area contributed by atoms with E-state index in [1.165, 1.54) is 0 Å². The van der Waals surface area contributed by atoms with Crippen molar-refractivity contribution in [2.75, 3.05) is 56.2 Å². The molecule has 2 aliphatic rings. The first-order valence-corrected chi connectivity index (χ1v) is 17.2. The molecule has 2 unspecified atom stereocenters. The lowest BCUT2D eigenvalue weighted by molar-refractivity contribution is -0.122. The topological polar surface area (TPSA) is 83.1 Å². The number of benzene rings is 4. The molecule has 48 heavy (non-hydrogen) atoms. The molecule has 0 aromatic heterocycles. The minimum absolute atomic E-state index is 0.0126. The van der Waals surface area contributed by atoms with Crippen molar-refractivity contribution in [3.63, 3.8) is 0 Å². The minimum atomic E-state index is -0.382. The Hall–Kier alpha value is -4.66. The van der Waals surface area contributed by atoms with Gasteiger partial charge >= 0.3 is 6.03 Å². The molecule has 0 bridgehead atoms. The second-order valence-electron chi connectivity index (χ2n) is 12.7. The molecule has 8 heteroatoms. The second-order valence-corrected chi connectivity index (χ2v) is 12.7. The summed E-state index contributed by atoms with van der Waals surface area (Å²) in [5.41, 5.74) is 3.48. The molecule has 1 saturated carbocycles. The molecule has 1 heterocycles. The summed E-state index contributed by atoms with van der Waals surface area (Å²) in [5.74, 6) is 0.578. The van der Waals surface area contributed by atoms with Gasteiger partial charge in [-0.25, -0.2) is 4.79 Å². The van der Waals surface area contributed by atoms with Gasteiger partial charge in [0.25, 0.3) is 0 Å². The lowest BCUT2D eigenvalue weighted by Gasteiger charge is -2.34. The van der Waals surface area contributed by atoms with Crippen LogP contribution in [0.5, 0.6) is 5.75 Å². The van der Waals surface area contributed by atoms with Crippen LogP contribution in [0, 0.1) is 5.92 Å². The lowest BCUT2D eigenvalue weighted by Crippen LogP contribution is -2.44. The van der Waals surface area contributed by atoms with Crippen molar-refractivity contribution in [3.8, 4) is 5.75 Å². The van der Waals surface area contributed by atoms with Gasteiger partial charge in [0.05, 0.1) is 19.1 Å². The zero-order valence-corrected chi connectivity index (χ0v) is 27.5. The van der Waals surface area contributed by atoms with Crippen LogP contribution in [0.15, 0.2) is 115 Å². The number of nitrogens with one attached hydrogen (secondary N) is 2. The van der Waals surface area contributed by atoms with E-state index < -0.39 is 0 Å². The van der Waals surface area contributed by atoms with Gasteiger partial charge in [0.15, 0.2) is 0 Å². The van der Waals surface area contributed by atoms with E-state index in [4.69, 9.17) is 9.47 Å². The summed E-state index contributed by atoms with van der Waals surface area (Å²) in [6.45, 7) is 5.27. The number of ether oxygens (including phenoxy) is 2. The molecule has 0 spiro atoms. The number of anilines is 2. The highest BCUT2D eigenvalue weighted by molar-refractivity contribution is 6.01. The van der Waals surface area contributed by atoms with E-state index in [9.17, 15) is 9.59 Å². The van der Waals surface area contributed by atoms with Gasteiger partial charge in [0.2, 0.25) is 5.91 Å². The predicted molar refractivity (Wildman–Crippen MR) is 191 cm³/mol. The van der Waals surface area contributed by atoms with Gasteiger partial charge in [-0.2, -0.15) is 0 Å². The third kappa shape index (κ3) is 9.24. The van der Waals surface area contributed by atoms with Crippen LogP contribution < -0.4 is 20.3 Å². The maximum atomic E-state index is 13.9. The Balaban J connectivity index is 1.14. The fourth-order valence-corrected chi connectivity index (χ4v) is 6.79. The maximum Gasteiger partial charge on any atom is 0.326 e. The molecule has 1 aliphatic heterocycles. The summed E-state index contributed by atoms with van der Waals surface area (Å²) in [7, 11) is 0. The number of urea groups is 1. The fraction of sp³-hybridized carbons (Fsp3) is 0.350. The molecule has 1 aliphatic carbocycles. The van der Waals surface area contributed by atoms with Crippen LogP contribution >= 0.6 is 0 Å². The van der Waals surface area contributed by atoms with Crippen LogP contribution in [0.4, 0.5) is 16.2 Å². The smallest absolute Gasteiger partial charge is 0.326 e. The van der Waals surface area contributed by atoms with Crippen molar-refractivity contribution < 1.29 is 19.1 Å². The number of hydrogen-bond acceptors (Lipinski definition) is 5. The number of nitrogens with zero attached hydrogens (tertiary/aromatic N) is 2. The van der Waals surface area contributed by atoms with E-state index in [0.29, 0.717) is 13.2 Å². The molecule has 6 rings (SSSR count). The van der Waals surface area contributed by atoms with Crippen LogP contribution in [0.25, 0.3) is 0 Å². The Morgan fingerprint density at radius 3 is 2.19 bits per heavy atom. The molecule has 1 saturated heterocycles. The Kier molecular flexibility index (Phi) is 11.7. The van der Waals surface area contributed by atoms with E-state index in [1.807, 2.05) is 120 Å². The predicted octanol–water partition coefficient (Wildman–Crippen LogP) is 6.94. The monoisotopic (exact) mass is 646 g/mol. The first-order valence-electron chi connectivity index (χ1n) is 17.2. The molecule has 4 aromatic carbocycles. The Bertz CT molecular complexity index is 1540. The first kappa shape index (κ1) is 33.2. The summed E-state index contributed by atoms with van der Waals surface area (Å²) in [6.07, 6.45) is 3.68. The number of carbonyl (C=O) groups is 2. The quantitative estimate of drug-likeness (QED) is 0.174. The van der Waals surface area contributed by atoms with Gasteiger partial charge in [-0.15, -0.1) is 0 Å². The molecular formula is C40H46N4O4. The standard InChI is InChI=1S/C40H46N4O4/c45-39(38(32-13-4-1-5-14-32)33-15-6-2-7-16-33)41-35-19-10-12-31(28-35)30-44(40(46)42-34-17-8-3-9-18-34)36-20-11-21-37(29-36)48-27-24-43-22-25-47-26-23-43/h1-9,11,13-18,20-21,29,31,35,38H,10,12,19,22-28,30H2,(H,41,45)(H,42,46). The molecule has 2 fully saturated rings. The van der Waals surface area contributed by atoms with E-state index in [2.05, 4.69) is 15.5 Å². The van der Waals surface area contributed by atoms with Gasteiger partial charge in [0, 0.05) is 49.7 Å². The van der Waals surface area contributed by atoms with Gasteiger partial charge in [0.1, 0.15) is 12.4 Å². The highest BCUT2D eigenvalue weighted by atomic mass is 16.5. The Labute approximate surface area is 284 Å². The van der Waals surface area contributed by atoms with Crippen LogP contribution in [0.1, 0.15) is 42.7 Å². The third-order valence-electron chi connectivity index (χ3n) is 9.28. The summed E-state index contributed by atoms with van der Waals surface area (Å²) in [5, 5.41) is 6.49. The number of hydrogen-bond donors (Lipinski definition) is 2. The van der Waals surface area contributed by atoms with E-state index in [1.54, 1.807) is 0 Å². The van der Waals surface area contributed by atoms with Gasteiger partial charge in [-0.3, -0.25) is 14.6 Å². The summed E-state index contributed by atoms with van der Waals surface area (Å²) >= 11 is 0. The Morgan fingerprint density at radius 2 is 1.50 bits per heavy atom. The summed E-state index contributed by atoms with van der Waals surface area (Å²) in [6, 6.07) is 37.1. The van der Waals surface area contributed by atoms with Gasteiger partial charge in [-0.1, -0.05) is 91.3 Å². The zero-order chi connectivity index (χ0) is 33.0. The molecule has 8 nitrogen and oxygen atoms in total. The SMILES string of the molecule is O=C(NC1CCCC(CN(C(=O)Nc2ccccc2)c2cccc(OCCN3CCOCC3)c2)C1)C(c1ccccc1)c1ccccc1. The number of morpholine rings is 1. The molecule has 250 valence electrons. The highest BCUT2D eigenvalue weighted by Gasteiger charge is 2.30. The normalized spacial score (nSPS) is 18.2. The molecule has 3 amide bonds. The average Bonchev–Trinajstić information content (AvgIpc) is 3.13. The van der Waals surface area contributed by atoms with Gasteiger partial charge < -0.3 is 20.1 Å². The van der Waals surface area contributed by atoms with E-state index in [0.717, 1.165) is 86.8 Å². The zero-order valence-electron chi connectivity index (χ0n) is 27.5. The third-order valence-corrected chi connectivity index (χ3v) is 9.28. The van der Waals surface area contributed by atoms with Crippen molar-refractivity contribution in [1.29, 1.82) is 0 Å². The lowest BCUT2D eigenvalue weighted by atomic mass is 9.84. The first-order chi connectivity index (χ1) is 23.6. The molecular weight excluding hydrogens is 600 g/mol. The molecule has 2 N–H and O–H groups in total. The maximum absolute atomic E-state index is 13.9. The Morgan fingerprint density at radius 1 is 0.833 bits per heavy atom. The average molecular weight is 647 g/mol.